The summed E-state index contributed by atoms with van der Waals surface area (Å²) in [6, 6.07) is 0.203. The van der Waals surface area contributed by atoms with Crippen LogP contribution >= 0.6 is 0 Å². The van der Waals surface area contributed by atoms with Gasteiger partial charge in [-0.3, -0.25) is 4.79 Å². The Morgan fingerprint density at radius 3 is 2.32 bits per heavy atom. The number of nitrogens with zero attached hydrogens (tertiary/aromatic N) is 2. The number of hydrogen-bond acceptors (Lipinski definition) is 4. The largest absolute Gasteiger partial charge is 0.453 e. The van der Waals surface area contributed by atoms with Gasteiger partial charge in [-0.2, -0.15) is 0 Å². The van der Waals surface area contributed by atoms with Gasteiger partial charge in [0.25, 0.3) is 5.91 Å². The van der Waals surface area contributed by atoms with Crippen LogP contribution in [0.4, 0.5) is 4.79 Å². The highest BCUT2D eigenvalue weighted by Crippen LogP contribution is 2.14. The van der Waals surface area contributed by atoms with Gasteiger partial charge in [0.2, 0.25) is 0 Å². The Morgan fingerprint density at radius 1 is 1.26 bits per heavy atom. The van der Waals surface area contributed by atoms with Crippen molar-refractivity contribution < 1.29 is 19.1 Å². The maximum atomic E-state index is 12.5. The zero-order valence-corrected chi connectivity index (χ0v) is 12.4. The van der Waals surface area contributed by atoms with Crippen molar-refractivity contribution in [2.45, 2.75) is 45.9 Å². The second-order valence-electron chi connectivity index (χ2n) is 5.21. The van der Waals surface area contributed by atoms with Crippen molar-refractivity contribution in [2.75, 3.05) is 26.8 Å². The number of rotatable bonds is 3. The lowest BCUT2D eigenvalue weighted by atomic mass is 10.1. The summed E-state index contributed by atoms with van der Waals surface area (Å²) in [6.45, 7) is 8.95. The van der Waals surface area contributed by atoms with Crippen LogP contribution in [0.1, 0.15) is 27.7 Å². The summed E-state index contributed by atoms with van der Waals surface area (Å²) < 4.78 is 10.2. The molecule has 1 fully saturated rings. The number of carbonyl (C=O) groups is 2. The highest BCUT2D eigenvalue weighted by atomic mass is 16.5. The highest BCUT2D eigenvalue weighted by Gasteiger charge is 2.34. The normalized spacial score (nSPS) is 19.7. The topological polar surface area (TPSA) is 59.1 Å². The fourth-order valence-corrected chi connectivity index (χ4v) is 2.37. The van der Waals surface area contributed by atoms with Crippen LogP contribution in [0.3, 0.4) is 0 Å². The molecule has 0 aromatic heterocycles. The predicted octanol–water partition coefficient (Wildman–Crippen LogP) is 1.10. The maximum absolute atomic E-state index is 12.5. The Bertz CT molecular complexity index is 323. The molecule has 0 radical (unpaired) electrons. The predicted molar refractivity (Wildman–Crippen MR) is 70.8 cm³/mol. The molecule has 0 bridgehead atoms. The number of hydrogen-bond donors (Lipinski definition) is 0. The van der Waals surface area contributed by atoms with Crippen LogP contribution in [-0.4, -0.2) is 66.8 Å². The van der Waals surface area contributed by atoms with E-state index in [1.54, 1.807) is 4.90 Å². The Balaban J connectivity index is 2.73. The van der Waals surface area contributed by atoms with E-state index < -0.39 is 12.2 Å². The molecule has 1 atom stereocenters. The molecular formula is C13H24N2O4. The molecule has 0 N–H and O–H groups in total. The van der Waals surface area contributed by atoms with Gasteiger partial charge in [0, 0.05) is 18.6 Å². The fraction of sp³-hybridized carbons (Fsp3) is 0.846. The number of methoxy groups -OCH3 is 1. The van der Waals surface area contributed by atoms with Crippen molar-refractivity contribution in [1.82, 2.24) is 9.80 Å². The average Bonchev–Trinajstić information content (AvgIpc) is 2.37. The molecule has 0 saturated carbocycles. The van der Waals surface area contributed by atoms with E-state index in [1.165, 1.54) is 12.0 Å². The summed E-state index contributed by atoms with van der Waals surface area (Å²) in [5.74, 6) is -0.0707. The molecule has 0 spiro atoms. The van der Waals surface area contributed by atoms with Crippen molar-refractivity contribution in [1.29, 1.82) is 0 Å². The summed E-state index contributed by atoms with van der Waals surface area (Å²) in [5, 5.41) is 0. The van der Waals surface area contributed by atoms with E-state index in [4.69, 9.17) is 4.74 Å². The Labute approximate surface area is 114 Å². The zero-order chi connectivity index (χ0) is 14.6. The van der Waals surface area contributed by atoms with Crippen molar-refractivity contribution in [2.24, 2.45) is 0 Å². The molecule has 1 saturated heterocycles. The molecular weight excluding hydrogens is 248 g/mol. The van der Waals surface area contributed by atoms with Gasteiger partial charge >= 0.3 is 6.09 Å². The van der Waals surface area contributed by atoms with E-state index >= 15 is 0 Å². The lowest BCUT2D eigenvalue weighted by Crippen LogP contribution is -2.55. The first-order valence-corrected chi connectivity index (χ1v) is 6.65. The summed E-state index contributed by atoms with van der Waals surface area (Å²) in [6.07, 6.45) is -1.01. The minimum atomic E-state index is -0.599. The van der Waals surface area contributed by atoms with Crippen molar-refractivity contribution in [3.8, 4) is 0 Å². The third kappa shape index (κ3) is 3.83. The first-order chi connectivity index (χ1) is 8.88. The van der Waals surface area contributed by atoms with E-state index in [9.17, 15) is 9.59 Å². The Hall–Kier alpha value is -1.30. The monoisotopic (exact) mass is 272 g/mol. The summed E-state index contributed by atoms with van der Waals surface area (Å²) in [5.41, 5.74) is 0. The lowest BCUT2D eigenvalue weighted by molar-refractivity contribution is -0.152. The van der Waals surface area contributed by atoms with Crippen LogP contribution in [0, 0.1) is 0 Å². The van der Waals surface area contributed by atoms with Gasteiger partial charge in [0.05, 0.1) is 20.3 Å². The minimum absolute atomic E-state index is 0.0707. The summed E-state index contributed by atoms with van der Waals surface area (Å²) in [4.78, 5) is 27.2. The standard InChI is InChI=1S/C13H24N2O4/c1-9(2)15(10(3)4)12(16)11-8-14(6-7-19-11)13(17)18-5/h9-11H,6-8H2,1-5H3. The van der Waals surface area contributed by atoms with Gasteiger partial charge in [-0.1, -0.05) is 0 Å². The van der Waals surface area contributed by atoms with E-state index in [1.807, 2.05) is 27.7 Å². The Morgan fingerprint density at radius 2 is 1.84 bits per heavy atom. The van der Waals surface area contributed by atoms with Gasteiger partial charge in [-0.15, -0.1) is 0 Å². The minimum Gasteiger partial charge on any atom is -0.453 e. The van der Waals surface area contributed by atoms with E-state index in [0.29, 0.717) is 13.2 Å². The Kier molecular flexibility index (Phi) is 5.60. The third-order valence-corrected chi connectivity index (χ3v) is 3.14. The zero-order valence-electron chi connectivity index (χ0n) is 12.4. The van der Waals surface area contributed by atoms with Gasteiger partial charge in [-0.05, 0) is 27.7 Å². The molecule has 1 heterocycles. The van der Waals surface area contributed by atoms with E-state index in [0.717, 1.165) is 0 Å². The second kappa shape index (κ2) is 6.75. The second-order valence-corrected chi connectivity index (χ2v) is 5.21. The van der Waals surface area contributed by atoms with Crippen LogP contribution < -0.4 is 0 Å². The molecule has 1 aliphatic heterocycles. The number of morpholine rings is 1. The van der Waals surface area contributed by atoms with Gasteiger partial charge < -0.3 is 19.3 Å². The van der Waals surface area contributed by atoms with Crippen LogP contribution in [0.15, 0.2) is 0 Å². The molecule has 1 unspecified atom stereocenters. The first-order valence-electron chi connectivity index (χ1n) is 6.65. The van der Waals surface area contributed by atoms with Crippen LogP contribution in [0.25, 0.3) is 0 Å². The molecule has 0 aromatic carbocycles. The molecule has 110 valence electrons. The number of carbonyl (C=O) groups excluding carboxylic acids is 2. The average molecular weight is 272 g/mol. The van der Waals surface area contributed by atoms with Crippen LogP contribution in [0.5, 0.6) is 0 Å². The molecule has 0 aromatic rings. The van der Waals surface area contributed by atoms with E-state index in [2.05, 4.69) is 4.74 Å². The third-order valence-electron chi connectivity index (χ3n) is 3.14. The summed E-state index contributed by atoms with van der Waals surface area (Å²) in [7, 11) is 1.34. The van der Waals surface area contributed by atoms with Gasteiger partial charge in [0.15, 0.2) is 6.10 Å². The lowest BCUT2D eigenvalue weighted by Gasteiger charge is -2.37. The quantitative estimate of drug-likeness (QED) is 0.772. The molecule has 2 amide bonds. The highest BCUT2D eigenvalue weighted by molar-refractivity contribution is 5.82. The first kappa shape index (κ1) is 15.8. The molecule has 1 rings (SSSR count). The van der Waals surface area contributed by atoms with Gasteiger partial charge in [0.1, 0.15) is 0 Å². The molecule has 6 nitrogen and oxygen atoms in total. The number of ether oxygens (including phenoxy) is 2. The molecule has 6 heteroatoms. The molecule has 1 aliphatic rings. The van der Waals surface area contributed by atoms with Gasteiger partial charge in [-0.25, -0.2) is 4.79 Å². The van der Waals surface area contributed by atoms with E-state index in [-0.39, 0.29) is 24.5 Å². The fourth-order valence-electron chi connectivity index (χ4n) is 2.37. The maximum Gasteiger partial charge on any atom is 0.409 e. The number of amides is 2. The van der Waals surface area contributed by atoms with Crippen LogP contribution in [0.2, 0.25) is 0 Å². The van der Waals surface area contributed by atoms with Crippen molar-refractivity contribution in [3.63, 3.8) is 0 Å². The smallest absolute Gasteiger partial charge is 0.409 e. The SMILES string of the molecule is COC(=O)N1CCOC(C(=O)N(C(C)C)C(C)C)C1. The van der Waals surface area contributed by atoms with Crippen LogP contribution in [-0.2, 0) is 14.3 Å². The van der Waals surface area contributed by atoms with Crippen molar-refractivity contribution in [3.05, 3.63) is 0 Å². The van der Waals surface area contributed by atoms with Crippen molar-refractivity contribution >= 4 is 12.0 Å². The molecule has 0 aliphatic carbocycles. The molecule has 19 heavy (non-hydrogen) atoms. The summed E-state index contributed by atoms with van der Waals surface area (Å²) >= 11 is 0.